The molecule has 0 aliphatic heterocycles. The van der Waals surface area contributed by atoms with Crippen LogP contribution in [0.1, 0.15) is 44.0 Å². The highest BCUT2D eigenvalue weighted by Crippen LogP contribution is 2.14. The normalized spacial score (nSPS) is 12.0. The second-order valence-corrected chi connectivity index (χ2v) is 5.87. The molecule has 0 aliphatic rings. The molecule has 0 N–H and O–H groups in total. The minimum absolute atomic E-state index is 0. The summed E-state index contributed by atoms with van der Waals surface area (Å²) in [5.74, 6) is -0.621. The molecule has 0 amide bonds. The molecule has 1 aromatic carbocycles. The number of ether oxygens (including phenoxy) is 1. The van der Waals surface area contributed by atoms with Crippen LogP contribution in [0.5, 0.6) is 0 Å². The number of esters is 1. The summed E-state index contributed by atoms with van der Waals surface area (Å²) in [4.78, 5) is 26.5. The topological polar surface area (TPSA) is 59.8 Å². The van der Waals surface area contributed by atoms with E-state index in [1.165, 1.54) is 6.07 Å². The molecule has 0 bridgehead atoms. The van der Waals surface area contributed by atoms with Crippen LogP contribution in [0.2, 0.25) is 0 Å². The molecule has 1 atom stereocenters. The number of benzene rings is 1. The predicted octanol–water partition coefficient (Wildman–Crippen LogP) is 3.88. The summed E-state index contributed by atoms with van der Waals surface area (Å²) in [5, 5.41) is 0.707. The minimum Gasteiger partial charge on any atom is -0.459 e. The summed E-state index contributed by atoms with van der Waals surface area (Å²) in [7, 11) is 0. The van der Waals surface area contributed by atoms with Crippen molar-refractivity contribution in [2.75, 3.05) is 19.6 Å². The number of rotatable bonds is 8. The van der Waals surface area contributed by atoms with E-state index >= 15 is 0 Å². The van der Waals surface area contributed by atoms with Crippen LogP contribution in [0.3, 0.4) is 0 Å². The first kappa shape index (κ1) is 21.2. The minimum atomic E-state index is -0.658. The van der Waals surface area contributed by atoms with Gasteiger partial charge in [-0.3, -0.25) is 0 Å². The smallest absolute Gasteiger partial charge is 0.351 e. The van der Waals surface area contributed by atoms with Crippen LogP contribution in [0.15, 0.2) is 39.5 Å². The van der Waals surface area contributed by atoms with E-state index < -0.39 is 11.6 Å². The van der Waals surface area contributed by atoms with E-state index in [1.807, 2.05) is 13.0 Å². The van der Waals surface area contributed by atoms with Gasteiger partial charge >= 0.3 is 11.6 Å². The molecule has 2 rings (SSSR count). The Balaban J connectivity index is 0.00000312. The molecule has 0 radical (unpaired) electrons. The van der Waals surface area contributed by atoms with Crippen LogP contribution in [0, 0.1) is 0 Å². The molecule has 1 heterocycles. The van der Waals surface area contributed by atoms with Crippen molar-refractivity contribution >= 4 is 29.3 Å². The van der Waals surface area contributed by atoms with E-state index in [4.69, 9.17) is 9.15 Å². The number of hydrogen-bond acceptors (Lipinski definition) is 5. The molecular formula is C19H26ClNO4. The molecule has 0 aliphatic carbocycles. The summed E-state index contributed by atoms with van der Waals surface area (Å²) in [6.45, 7) is 9.12. The van der Waals surface area contributed by atoms with Crippen molar-refractivity contribution in [3.63, 3.8) is 0 Å². The highest BCUT2D eigenvalue weighted by atomic mass is 35.5. The van der Waals surface area contributed by atoms with Crippen molar-refractivity contribution in [3.8, 4) is 0 Å². The fraction of sp³-hybridized carbons (Fsp3) is 0.474. The SMILES string of the molecule is CCN(CC)CCCC(C)OC(=O)c1cc2ccccc2oc1=O.Cl. The second-order valence-electron chi connectivity index (χ2n) is 5.87. The average molecular weight is 368 g/mol. The maximum atomic E-state index is 12.2. The molecule has 0 saturated carbocycles. The molecule has 5 nitrogen and oxygen atoms in total. The fourth-order valence-corrected chi connectivity index (χ4v) is 2.65. The number of hydrogen-bond donors (Lipinski definition) is 0. The first-order chi connectivity index (χ1) is 11.5. The number of halogens is 1. The zero-order chi connectivity index (χ0) is 17.5. The van der Waals surface area contributed by atoms with E-state index in [2.05, 4.69) is 18.7 Å². The Morgan fingerprint density at radius 2 is 1.92 bits per heavy atom. The fourth-order valence-electron chi connectivity index (χ4n) is 2.65. The van der Waals surface area contributed by atoms with Crippen molar-refractivity contribution in [1.29, 1.82) is 0 Å². The Kier molecular flexibility index (Phi) is 8.66. The van der Waals surface area contributed by atoms with Crippen LogP contribution in [0.4, 0.5) is 0 Å². The Morgan fingerprint density at radius 3 is 2.60 bits per heavy atom. The van der Waals surface area contributed by atoms with Crippen molar-refractivity contribution in [2.24, 2.45) is 0 Å². The van der Waals surface area contributed by atoms with Gasteiger partial charge < -0.3 is 14.1 Å². The third-order valence-electron chi connectivity index (χ3n) is 4.15. The molecular weight excluding hydrogens is 342 g/mol. The van der Waals surface area contributed by atoms with Gasteiger partial charge in [-0.05, 0) is 51.5 Å². The summed E-state index contributed by atoms with van der Waals surface area (Å²) < 4.78 is 10.6. The predicted molar refractivity (Wildman–Crippen MR) is 102 cm³/mol. The summed E-state index contributed by atoms with van der Waals surface area (Å²) >= 11 is 0. The molecule has 1 aromatic heterocycles. The van der Waals surface area contributed by atoms with Gasteiger partial charge in [0.05, 0.1) is 6.10 Å². The quantitative estimate of drug-likeness (QED) is 0.523. The molecule has 0 fully saturated rings. The van der Waals surface area contributed by atoms with Crippen LogP contribution < -0.4 is 5.63 Å². The third-order valence-corrected chi connectivity index (χ3v) is 4.15. The molecule has 0 spiro atoms. The monoisotopic (exact) mass is 367 g/mol. The number of carbonyl (C=O) groups is 1. The highest BCUT2D eigenvalue weighted by Gasteiger charge is 2.18. The van der Waals surface area contributed by atoms with Gasteiger partial charge in [0, 0.05) is 5.39 Å². The van der Waals surface area contributed by atoms with Crippen molar-refractivity contribution in [2.45, 2.75) is 39.7 Å². The van der Waals surface area contributed by atoms with Crippen LogP contribution in [-0.2, 0) is 4.74 Å². The first-order valence-corrected chi connectivity index (χ1v) is 8.51. The number of para-hydroxylation sites is 1. The molecule has 2 aromatic rings. The van der Waals surface area contributed by atoms with Crippen LogP contribution >= 0.6 is 12.4 Å². The Bertz CT molecular complexity index is 740. The summed E-state index contributed by atoms with van der Waals surface area (Å²) in [5.41, 5.74) is -0.246. The maximum Gasteiger partial charge on any atom is 0.351 e. The van der Waals surface area contributed by atoms with Crippen molar-refractivity contribution in [1.82, 2.24) is 4.90 Å². The molecule has 138 valence electrons. The molecule has 1 unspecified atom stereocenters. The van der Waals surface area contributed by atoms with E-state index in [9.17, 15) is 9.59 Å². The Labute approximate surface area is 154 Å². The lowest BCUT2D eigenvalue weighted by Crippen LogP contribution is -2.26. The van der Waals surface area contributed by atoms with Crippen molar-refractivity contribution < 1.29 is 13.9 Å². The third kappa shape index (κ3) is 5.87. The average Bonchev–Trinajstić information content (AvgIpc) is 2.58. The van der Waals surface area contributed by atoms with Gasteiger partial charge in [-0.1, -0.05) is 32.0 Å². The van der Waals surface area contributed by atoms with Gasteiger partial charge in [0.15, 0.2) is 0 Å². The summed E-state index contributed by atoms with van der Waals surface area (Å²) in [6.07, 6.45) is 1.47. The molecule has 6 heteroatoms. The van der Waals surface area contributed by atoms with Gasteiger partial charge in [-0.25, -0.2) is 9.59 Å². The standard InChI is InChI=1S/C19H25NO4.ClH/c1-4-20(5-2)12-8-9-14(3)23-18(21)16-13-15-10-6-7-11-17(15)24-19(16)22;/h6-7,10-11,13-14H,4-5,8-9,12H2,1-3H3;1H. The van der Waals surface area contributed by atoms with Gasteiger partial charge in [0.2, 0.25) is 0 Å². The lowest BCUT2D eigenvalue weighted by atomic mass is 10.2. The lowest BCUT2D eigenvalue weighted by Gasteiger charge is -2.19. The summed E-state index contributed by atoms with van der Waals surface area (Å²) in [6, 6.07) is 8.63. The van der Waals surface area contributed by atoms with E-state index in [1.54, 1.807) is 18.2 Å². The van der Waals surface area contributed by atoms with Gasteiger partial charge in [0.1, 0.15) is 11.1 Å². The van der Waals surface area contributed by atoms with Gasteiger partial charge in [-0.2, -0.15) is 0 Å². The zero-order valence-corrected chi connectivity index (χ0v) is 15.8. The van der Waals surface area contributed by atoms with Crippen LogP contribution in [-0.4, -0.2) is 36.6 Å². The zero-order valence-electron chi connectivity index (χ0n) is 15.0. The van der Waals surface area contributed by atoms with Crippen LogP contribution in [0.25, 0.3) is 11.0 Å². The largest absolute Gasteiger partial charge is 0.459 e. The molecule has 25 heavy (non-hydrogen) atoms. The Morgan fingerprint density at radius 1 is 1.24 bits per heavy atom. The number of carbonyl (C=O) groups excluding carboxylic acids is 1. The van der Waals surface area contributed by atoms with E-state index in [0.717, 1.165) is 32.5 Å². The highest BCUT2D eigenvalue weighted by molar-refractivity contribution is 5.92. The van der Waals surface area contributed by atoms with E-state index in [-0.39, 0.29) is 24.1 Å². The van der Waals surface area contributed by atoms with Gasteiger partial charge in [-0.15, -0.1) is 12.4 Å². The maximum absolute atomic E-state index is 12.2. The van der Waals surface area contributed by atoms with E-state index in [0.29, 0.717) is 11.0 Å². The second kappa shape index (κ2) is 10.2. The Hall–Kier alpha value is -1.85. The van der Waals surface area contributed by atoms with Gasteiger partial charge in [0.25, 0.3) is 0 Å². The number of fused-ring (bicyclic) bond motifs is 1. The number of nitrogens with zero attached hydrogens (tertiary/aromatic N) is 1. The first-order valence-electron chi connectivity index (χ1n) is 8.51. The van der Waals surface area contributed by atoms with Crippen molar-refractivity contribution in [3.05, 3.63) is 46.3 Å². The molecule has 0 saturated heterocycles. The lowest BCUT2D eigenvalue weighted by molar-refractivity contribution is 0.0311.